The molecule has 0 fully saturated rings. The van der Waals surface area contributed by atoms with Gasteiger partial charge in [0.15, 0.2) is 0 Å². The van der Waals surface area contributed by atoms with Gasteiger partial charge in [0.25, 0.3) is 0 Å². The van der Waals surface area contributed by atoms with Gasteiger partial charge in [0.2, 0.25) is 0 Å². The molecule has 0 aliphatic carbocycles. The Labute approximate surface area is 114 Å². The third-order valence-corrected chi connectivity index (χ3v) is 1.60. The average Bonchev–Trinajstić information content (AvgIpc) is 2.51. The first-order valence-electron chi connectivity index (χ1n) is 6.37. The Kier molecular flexibility index (Phi) is 24.5. The third kappa shape index (κ3) is 12.3. The molecule has 0 amide bonds. The maximum Gasteiger partial charge on any atom is -0.0190 e. The highest BCUT2D eigenvalue weighted by atomic mass is 13.9. The second-order valence-corrected chi connectivity index (χ2v) is 2.51. The fourth-order valence-electron chi connectivity index (χ4n) is 0.883. The molecule has 0 aromatic heterocycles. The molecule has 0 N–H and O–H groups in total. The van der Waals surface area contributed by atoms with E-state index in [1.807, 2.05) is 64.1 Å². The van der Waals surface area contributed by atoms with Crippen molar-refractivity contribution in [1.29, 1.82) is 0 Å². The maximum atomic E-state index is 3.69. The van der Waals surface area contributed by atoms with Gasteiger partial charge in [-0.05, 0) is 11.1 Å². The van der Waals surface area contributed by atoms with Gasteiger partial charge in [-0.3, -0.25) is 0 Å². The lowest BCUT2D eigenvalue weighted by molar-refractivity contribution is 1.50. The molecule has 18 heavy (non-hydrogen) atoms. The summed E-state index contributed by atoms with van der Waals surface area (Å²) in [5.74, 6) is 0. The predicted octanol–water partition coefficient (Wildman–Crippen LogP) is 6.38. The van der Waals surface area contributed by atoms with Gasteiger partial charge in [0.05, 0.1) is 0 Å². The van der Waals surface area contributed by atoms with Gasteiger partial charge >= 0.3 is 0 Å². The summed E-state index contributed by atoms with van der Waals surface area (Å²) in [5.41, 5.74) is 2.27. The van der Waals surface area contributed by atoms with Gasteiger partial charge in [-0.25, -0.2) is 0 Å². The molecule has 0 saturated carbocycles. The van der Waals surface area contributed by atoms with E-state index < -0.39 is 0 Å². The van der Waals surface area contributed by atoms with E-state index in [2.05, 4.69) is 26.3 Å². The number of hydrogen-bond acceptors (Lipinski definition) is 0. The highest BCUT2D eigenvalue weighted by Crippen LogP contribution is 2.10. The Balaban J connectivity index is -0.000000238. The Morgan fingerprint density at radius 2 is 0.944 bits per heavy atom. The molecule has 0 nitrogen and oxygen atoms in total. The highest BCUT2D eigenvalue weighted by molar-refractivity contribution is 5.63. The fraction of sp³-hybridized carbons (Fsp3) is 0.222. The van der Waals surface area contributed by atoms with Crippen molar-refractivity contribution in [2.24, 2.45) is 0 Å². The van der Waals surface area contributed by atoms with E-state index in [0.29, 0.717) is 0 Å². The van der Waals surface area contributed by atoms with E-state index in [1.165, 1.54) is 0 Å². The van der Waals surface area contributed by atoms with Gasteiger partial charge in [0, 0.05) is 0 Å². The Morgan fingerprint density at radius 3 is 1.11 bits per heavy atom. The van der Waals surface area contributed by atoms with E-state index in [0.717, 1.165) is 11.1 Å². The number of rotatable bonds is 3. The van der Waals surface area contributed by atoms with E-state index in [1.54, 1.807) is 12.2 Å². The molecule has 0 heteroatoms. The van der Waals surface area contributed by atoms with Crippen molar-refractivity contribution >= 4 is 12.2 Å². The van der Waals surface area contributed by atoms with Crippen molar-refractivity contribution in [2.75, 3.05) is 0 Å². The van der Waals surface area contributed by atoms with Gasteiger partial charge < -0.3 is 0 Å². The van der Waals surface area contributed by atoms with Crippen molar-refractivity contribution in [3.8, 4) is 0 Å². The van der Waals surface area contributed by atoms with Crippen LogP contribution in [0, 0.1) is 0 Å². The van der Waals surface area contributed by atoms with Crippen molar-refractivity contribution < 1.29 is 0 Å². The second kappa shape index (κ2) is 20.6. The zero-order chi connectivity index (χ0) is 14.8. The molecule has 1 aromatic rings. The predicted molar refractivity (Wildman–Crippen MR) is 89.7 cm³/mol. The summed E-state index contributed by atoms with van der Waals surface area (Å²) in [6.07, 6.45) is 6.94. The first kappa shape index (κ1) is 21.5. The van der Waals surface area contributed by atoms with Crippen LogP contribution in [0.4, 0.5) is 0 Å². The van der Waals surface area contributed by atoms with Crippen LogP contribution in [0.15, 0.2) is 62.7 Å². The minimum Gasteiger partial charge on any atom is -0.0991 e. The summed E-state index contributed by atoms with van der Waals surface area (Å²) in [7, 11) is 0. The first-order valence-corrected chi connectivity index (χ1v) is 6.37. The minimum atomic E-state index is 1.14. The second-order valence-electron chi connectivity index (χ2n) is 2.51. The van der Waals surface area contributed by atoms with E-state index in [4.69, 9.17) is 0 Å². The lowest BCUT2D eigenvalue weighted by Crippen LogP contribution is -1.76. The quantitative estimate of drug-likeness (QED) is 0.541. The van der Waals surface area contributed by atoms with Crippen LogP contribution in [0.1, 0.15) is 38.8 Å². The highest BCUT2D eigenvalue weighted by Gasteiger charge is 1.89. The molecule has 100 valence electrons. The third-order valence-electron chi connectivity index (χ3n) is 1.60. The molecule has 0 bridgehead atoms. The van der Waals surface area contributed by atoms with Crippen molar-refractivity contribution in [2.45, 2.75) is 27.7 Å². The maximum absolute atomic E-state index is 3.69. The molecular formula is C18H28. The summed E-state index contributed by atoms with van der Waals surface area (Å²) in [6, 6.07) is 8.02. The number of hydrogen-bond donors (Lipinski definition) is 0. The molecule has 0 saturated heterocycles. The van der Waals surface area contributed by atoms with Gasteiger partial charge in [-0.2, -0.15) is 0 Å². The Bertz CT molecular complexity index is 286. The summed E-state index contributed by atoms with van der Waals surface area (Å²) < 4.78 is 0. The number of allylic oxidation sites excluding steroid dienone is 2. The molecular weight excluding hydrogens is 216 g/mol. The molecule has 0 heterocycles. The van der Waals surface area contributed by atoms with Gasteiger partial charge in [-0.1, -0.05) is 103 Å². The van der Waals surface area contributed by atoms with E-state index in [-0.39, 0.29) is 0 Å². The van der Waals surface area contributed by atoms with Crippen molar-refractivity contribution in [3.05, 3.63) is 73.9 Å². The zero-order valence-electron chi connectivity index (χ0n) is 12.4. The molecule has 0 aliphatic rings. The largest absolute Gasteiger partial charge is 0.0991 e. The summed E-state index contributed by atoms with van der Waals surface area (Å²) in [6.45, 7) is 22.1. The normalized spacial score (nSPS) is 6.67. The molecule has 0 spiro atoms. The standard InChI is InChI=1S/C10H10.C4H6.2C2H6/c1-3-9-7-5-6-8-10(9)4-2;1-3-4-2;2*1-2/h3-8H,1-2H2;3-4H,1-2H2;2*1-2H3. The average molecular weight is 244 g/mol. The topological polar surface area (TPSA) is 0 Å². The zero-order valence-corrected chi connectivity index (χ0v) is 12.4. The summed E-state index contributed by atoms with van der Waals surface area (Å²) >= 11 is 0. The molecule has 0 aliphatic heterocycles. The van der Waals surface area contributed by atoms with E-state index >= 15 is 0 Å². The molecule has 1 rings (SSSR count). The molecule has 0 unspecified atom stereocenters. The summed E-state index contributed by atoms with van der Waals surface area (Å²) in [4.78, 5) is 0. The lowest BCUT2D eigenvalue weighted by Gasteiger charge is -1.96. The minimum absolute atomic E-state index is 1.14. The van der Waals surface area contributed by atoms with Crippen LogP contribution in [-0.2, 0) is 0 Å². The number of benzene rings is 1. The van der Waals surface area contributed by atoms with Crippen LogP contribution >= 0.6 is 0 Å². The monoisotopic (exact) mass is 244 g/mol. The van der Waals surface area contributed by atoms with Crippen molar-refractivity contribution in [3.63, 3.8) is 0 Å². The van der Waals surface area contributed by atoms with Crippen LogP contribution < -0.4 is 0 Å². The van der Waals surface area contributed by atoms with E-state index in [9.17, 15) is 0 Å². The Morgan fingerprint density at radius 1 is 0.667 bits per heavy atom. The first-order chi connectivity index (χ1) is 8.79. The Hall–Kier alpha value is -1.82. The van der Waals surface area contributed by atoms with Gasteiger partial charge in [0.1, 0.15) is 0 Å². The van der Waals surface area contributed by atoms with Crippen LogP contribution in [0.5, 0.6) is 0 Å². The van der Waals surface area contributed by atoms with Crippen LogP contribution in [-0.4, -0.2) is 0 Å². The summed E-state index contributed by atoms with van der Waals surface area (Å²) in [5, 5.41) is 0. The van der Waals surface area contributed by atoms with Crippen LogP contribution in [0.25, 0.3) is 12.2 Å². The molecule has 1 aromatic carbocycles. The lowest BCUT2D eigenvalue weighted by atomic mass is 10.1. The van der Waals surface area contributed by atoms with Crippen LogP contribution in [0.3, 0.4) is 0 Å². The smallest absolute Gasteiger partial charge is 0.0190 e. The molecule has 0 atom stereocenters. The van der Waals surface area contributed by atoms with Crippen molar-refractivity contribution in [1.82, 2.24) is 0 Å². The van der Waals surface area contributed by atoms with Gasteiger partial charge in [-0.15, -0.1) is 0 Å². The fourth-order valence-corrected chi connectivity index (χ4v) is 0.883. The van der Waals surface area contributed by atoms with Crippen LogP contribution in [0.2, 0.25) is 0 Å². The molecule has 0 radical (unpaired) electrons. The SMILES string of the molecule is C=CC=C.C=Cc1ccccc1C=C.CC.CC.